The van der Waals surface area contributed by atoms with Crippen molar-refractivity contribution in [1.29, 1.82) is 0 Å². The van der Waals surface area contributed by atoms with E-state index in [1.165, 1.54) is 6.07 Å². The van der Waals surface area contributed by atoms with Gasteiger partial charge in [0.2, 0.25) is 0 Å². The number of carbonyl (C=O) groups excluding carboxylic acids is 1. The molecule has 7 heteroatoms. The second-order valence-electron chi connectivity index (χ2n) is 7.49. The van der Waals surface area contributed by atoms with Gasteiger partial charge in [0.15, 0.2) is 0 Å². The Hall–Kier alpha value is -2.44. The molecule has 0 bridgehead atoms. The van der Waals surface area contributed by atoms with E-state index in [0.29, 0.717) is 24.4 Å². The highest BCUT2D eigenvalue weighted by molar-refractivity contribution is 5.74. The molecule has 2 amide bonds. The number of urea groups is 1. The van der Waals surface area contributed by atoms with Gasteiger partial charge in [-0.1, -0.05) is 18.2 Å². The van der Waals surface area contributed by atoms with E-state index in [1.54, 1.807) is 12.1 Å². The van der Waals surface area contributed by atoms with Gasteiger partial charge in [0.1, 0.15) is 17.5 Å². The summed E-state index contributed by atoms with van der Waals surface area (Å²) in [4.78, 5) is 18.9. The summed E-state index contributed by atoms with van der Waals surface area (Å²) < 4.78 is 15.7. The minimum atomic E-state index is -0.227. The fraction of sp³-hybridized carbons (Fsp3) is 0.550. The molecule has 1 saturated heterocycles. The monoisotopic (exact) mass is 373 g/mol. The third-order valence-electron chi connectivity index (χ3n) is 5.05. The number of hydrogen-bond donors (Lipinski definition) is 1. The molecule has 1 aromatic carbocycles. The van der Waals surface area contributed by atoms with E-state index >= 15 is 0 Å². The quantitative estimate of drug-likeness (QED) is 0.876. The number of nitrogens with one attached hydrogen (secondary N) is 1. The maximum Gasteiger partial charge on any atom is 0.317 e. The van der Waals surface area contributed by atoms with Crippen molar-refractivity contribution in [3.05, 3.63) is 47.3 Å². The summed E-state index contributed by atoms with van der Waals surface area (Å²) in [6, 6.07) is 6.50. The summed E-state index contributed by atoms with van der Waals surface area (Å²) in [7, 11) is 0. The van der Waals surface area contributed by atoms with Gasteiger partial charge >= 0.3 is 6.03 Å². The van der Waals surface area contributed by atoms with Crippen molar-refractivity contribution in [1.82, 2.24) is 25.0 Å². The summed E-state index contributed by atoms with van der Waals surface area (Å²) in [5.41, 5.74) is 0.624. The molecule has 1 aliphatic rings. The lowest BCUT2D eigenvalue weighted by Gasteiger charge is -2.33. The van der Waals surface area contributed by atoms with Crippen molar-refractivity contribution < 1.29 is 9.18 Å². The molecular formula is C20H28FN5O. The smallest absolute Gasteiger partial charge is 0.317 e. The Balaban J connectivity index is 1.53. The van der Waals surface area contributed by atoms with Gasteiger partial charge in [-0.15, -0.1) is 0 Å². The number of likely N-dealkylation sites (tertiary alicyclic amines) is 1. The van der Waals surface area contributed by atoms with Crippen molar-refractivity contribution >= 4 is 6.03 Å². The van der Waals surface area contributed by atoms with Crippen molar-refractivity contribution in [2.24, 2.45) is 5.92 Å². The van der Waals surface area contributed by atoms with Crippen LogP contribution in [-0.2, 0) is 13.0 Å². The van der Waals surface area contributed by atoms with E-state index in [1.807, 2.05) is 36.4 Å². The Morgan fingerprint density at radius 2 is 2.15 bits per heavy atom. The third-order valence-corrected chi connectivity index (χ3v) is 5.05. The number of aryl methyl sites for hydroxylation is 2. The summed E-state index contributed by atoms with van der Waals surface area (Å²) >= 11 is 0. The third kappa shape index (κ3) is 5.05. The first-order valence-electron chi connectivity index (χ1n) is 9.59. The van der Waals surface area contributed by atoms with Crippen LogP contribution in [0.25, 0.3) is 0 Å². The lowest BCUT2D eigenvalue weighted by Crippen LogP contribution is -2.49. The molecule has 1 aromatic heterocycles. The average molecular weight is 373 g/mol. The maximum atomic E-state index is 13.8. The predicted molar refractivity (Wildman–Crippen MR) is 102 cm³/mol. The minimum absolute atomic E-state index is 0.0740. The van der Waals surface area contributed by atoms with Crippen LogP contribution >= 0.6 is 0 Å². The molecule has 0 saturated carbocycles. The first kappa shape index (κ1) is 19.3. The second-order valence-corrected chi connectivity index (χ2v) is 7.49. The van der Waals surface area contributed by atoms with Crippen LogP contribution in [0.4, 0.5) is 9.18 Å². The van der Waals surface area contributed by atoms with E-state index in [9.17, 15) is 9.18 Å². The Kier molecular flexibility index (Phi) is 6.08. The van der Waals surface area contributed by atoms with Crippen LogP contribution in [-0.4, -0.2) is 44.8 Å². The molecule has 6 nitrogen and oxygen atoms in total. The number of piperidine rings is 1. The molecule has 146 valence electrons. The van der Waals surface area contributed by atoms with Gasteiger partial charge in [0, 0.05) is 25.7 Å². The molecule has 1 N–H and O–H groups in total. The van der Waals surface area contributed by atoms with Gasteiger partial charge in [-0.25, -0.2) is 18.9 Å². The zero-order chi connectivity index (χ0) is 19.4. The van der Waals surface area contributed by atoms with Gasteiger partial charge < -0.3 is 10.2 Å². The van der Waals surface area contributed by atoms with Crippen LogP contribution in [0, 0.1) is 25.6 Å². The van der Waals surface area contributed by atoms with Crippen molar-refractivity contribution in [2.45, 2.75) is 52.6 Å². The second kappa shape index (κ2) is 8.50. The van der Waals surface area contributed by atoms with Gasteiger partial charge in [0.05, 0.1) is 0 Å². The van der Waals surface area contributed by atoms with Crippen LogP contribution in [0.2, 0.25) is 0 Å². The number of rotatable bonds is 5. The highest BCUT2D eigenvalue weighted by Crippen LogP contribution is 2.19. The summed E-state index contributed by atoms with van der Waals surface area (Å²) in [6.45, 7) is 7.99. The molecule has 2 atom stereocenters. The molecule has 1 aliphatic heterocycles. The average Bonchev–Trinajstić information content (AvgIpc) is 2.94. The summed E-state index contributed by atoms with van der Waals surface area (Å²) in [5.74, 6) is 1.83. The predicted octanol–water partition coefficient (Wildman–Crippen LogP) is 3.09. The fourth-order valence-electron chi connectivity index (χ4n) is 3.72. The van der Waals surface area contributed by atoms with Crippen LogP contribution < -0.4 is 5.32 Å². The molecule has 3 rings (SSSR count). The van der Waals surface area contributed by atoms with Crippen LogP contribution in [0.1, 0.15) is 37.0 Å². The first-order valence-corrected chi connectivity index (χ1v) is 9.59. The number of halogens is 1. The van der Waals surface area contributed by atoms with E-state index < -0.39 is 0 Å². The largest absolute Gasteiger partial charge is 0.335 e. The zero-order valence-corrected chi connectivity index (χ0v) is 16.3. The van der Waals surface area contributed by atoms with Crippen LogP contribution in [0.15, 0.2) is 24.3 Å². The van der Waals surface area contributed by atoms with Crippen LogP contribution in [0.3, 0.4) is 0 Å². The highest BCUT2D eigenvalue weighted by atomic mass is 19.1. The van der Waals surface area contributed by atoms with E-state index in [-0.39, 0.29) is 17.9 Å². The maximum absolute atomic E-state index is 13.8. The standard InChI is InChI=1S/C20H28FN5O/c1-14(11-18-8-4-5-9-19(18)21)22-20(27)25-10-6-7-17(12-25)13-26-16(3)23-15(2)24-26/h4-5,8-9,14,17H,6-7,10-13H2,1-3H3,(H,22,27). The van der Waals surface area contributed by atoms with E-state index in [2.05, 4.69) is 15.4 Å². The number of aromatic nitrogens is 3. The molecule has 2 unspecified atom stereocenters. The molecule has 0 aliphatic carbocycles. The molecule has 1 fully saturated rings. The lowest BCUT2D eigenvalue weighted by atomic mass is 9.98. The molecule has 2 aromatic rings. The summed E-state index contributed by atoms with van der Waals surface area (Å²) in [6.07, 6.45) is 2.53. The van der Waals surface area contributed by atoms with E-state index in [4.69, 9.17) is 0 Å². The number of nitrogens with zero attached hydrogens (tertiary/aromatic N) is 4. The van der Waals surface area contributed by atoms with Gasteiger partial charge in [0.25, 0.3) is 0 Å². The first-order chi connectivity index (χ1) is 12.9. The van der Waals surface area contributed by atoms with Crippen molar-refractivity contribution in [3.8, 4) is 0 Å². The number of hydrogen-bond acceptors (Lipinski definition) is 3. The molecule has 0 spiro atoms. The Morgan fingerprint density at radius 3 is 2.85 bits per heavy atom. The Morgan fingerprint density at radius 1 is 1.37 bits per heavy atom. The Labute approximate surface area is 159 Å². The topological polar surface area (TPSA) is 63.1 Å². The molecular weight excluding hydrogens is 345 g/mol. The van der Waals surface area contributed by atoms with Crippen molar-refractivity contribution in [3.63, 3.8) is 0 Å². The van der Waals surface area contributed by atoms with Crippen molar-refractivity contribution in [2.75, 3.05) is 13.1 Å². The lowest BCUT2D eigenvalue weighted by molar-refractivity contribution is 0.155. The SMILES string of the molecule is Cc1nc(C)n(CC2CCCN(C(=O)NC(C)Cc3ccccc3F)C2)n1. The minimum Gasteiger partial charge on any atom is -0.335 e. The van der Waals surface area contributed by atoms with Gasteiger partial charge in [-0.05, 0) is 57.6 Å². The zero-order valence-electron chi connectivity index (χ0n) is 16.3. The van der Waals surface area contributed by atoms with Crippen LogP contribution in [0.5, 0.6) is 0 Å². The molecule has 2 heterocycles. The van der Waals surface area contributed by atoms with Gasteiger partial charge in [-0.2, -0.15) is 5.10 Å². The molecule has 27 heavy (non-hydrogen) atoms. The summed E-state index contributed by atoms with van der Waals surface area (Å²) in [5, 5.41) is 7.44. The number of benzene rings is 1. The number of amides is 2. The Bertz CT molecular complexity index is 790. The highest BCUT2D eigenvalue weighted by Gasteiger charge is 2.25. The normalized spacial score (nSPS) is 18.4. The number of carbonyl (C=O) groups is 1. The fourth-order valence-corrected chi connectivity index (χ4v) is 3.72. The van der Waals surface area contributed by atoms with E-state index in [0.717, 1.165) is 37.6 Å². The molecule has 0 radical (unpaired) electrons. The van der Waals surface area contributed by atoms with Gasteiger partial charge in [-0.3, -0.25) is 0 Å².